The van der Waals surface area contributed by atoms with Gasteiger partial charge in [0.1, 0.15) is 11.2 Å². The second kappa shape index (κ2) is 30.4. The first-order chi connectivity index (χ1) is 36.2. The standard InChI is InChI=1S/C22H33ClN2O4.C20H31ClN2O3.C17H25ClN2O2/c1-16(26)24-12-7-11-22(28,17-8-5-10-19(23)14-17)18-9-6-13-25(15-18)20(27)29-21(2,3)4;1-19(2,3)26-18(24)23-12-5-8-16(14-23)20(25,10-6-11-22)15-7-4-9-17(21)13-15;1-13(21)20-10-4-8-17(22,15-6-3-9-19-12-15)14-5-2-7-16(18)11-14/h5,8,10,14,18,28H,6-7,9,11-13,15H2,1-4H3,(H,24,26);4,7,9,13,16,25H,5-6,8,10-12,14,22H2,1-3H3;2,5,7,11,15,19,22H,3-4,6,8-10,12H2,1H3,(H,20,21)/t18-,22-;16-,20-;15-,17-/m111/s1. The van der Waals surface area contributed by atoms with E-state index in [1.54, 1.807) is 28.0 Å². The highest BCUT2D eigenvalue weighted by Gasteiger charge is 2.44. The number of nitrogens with two attached hydrogens (primary N) is 1. The zero-order valence-electron chi connectivity index (χ0n) is 46.9. The maximum Gasteiger partial charge on any atom is 0.410 e. The van der Waals surface area contributed by atoms with Crippen LogP contribution >= 0.6 is 34.8 Å². The van der Waals surface area contributed by atoms with Crippen molar-refractivity contribution in [2.75, 3.05) is 58.9 Å². The van der Waals surface area contributed by atoms with Gasteiger partial charge < -0.3 is 56.3 Å². The summed E-state index contributed by atoms with van der Waals surface area (Å²) >= 11 is 18.5. The Bertz CT molecular complexity index is 2340. The summed E-state index contributed by atoms with van der Waals surface area (Å²) < 4.78 is 11.0. The lowest BCUT2D eigenvalue weighted by molar-refractivity contribution is -0.119. The van der Waals surface area contributed by atoms with E-state index in [-0.39, 0.29) is 41.8 Å². The van der Waals surface area contributed by atoms with Gasteiger partial charge in [-0.25, -0.2) is 9.59 Å². The van der Waals surface area contributed by atoms with Crippen molar-refractivity contribution >= 4 is 58.8 Å². The largest absolute Gasteiger partial charge is 0.444 e. The molecule has 0 spiro atoms. The Labute approximate surface area is 473 Å². The fourth-order valence-corrected chi connectivity index (χ4v) is 11.2. The molecule has 8 N–H and O–H groups in total. The van der Waals surface area contributed by atoms with Gasteiger partial charge in [-0.2, -0.15) is 0 Å². The number of nitrogens with one attached hydrogen (secondary N) is 3. The minimum absolute atomic E-state index is 0.0365. The minimum atomic E-state index is -1.15. The Kier molecular flexibility index (Phi) is 25.8. The summed E-state index contributed by atoms with van der Waals surface area (Å²) in [5.74, 6) is -0.207. The van der Waals surface area contributed by atoms with Crippen molar-refractivity contribution < 1.29 is 44.0 Å². The number of rotatable bonds is 17. The van der Waals surface area contributed by atoms with Crippen LogP contribution in [0, 0.1) is 17.8 Å². The van der Waals surface area contributed by atoms with Crippen molar-refractivity contribution in [3.8, 4) is 0 Å². The van der Waals surface area contributed by atoms with E-state index in [1.807, 2.05) is 96.1 Å². The quantitative estimate of drug-likeness (QED) is 0.0631. The van der Waals surface area contributed by atoms with Gasteiger partial charge in [0.2, 0.25) is 11.8 Å². The maximum atomic E-state index is 12.6. The Hall–Kier alpha value is -4.19. The molecule has 6 atom stereocenters. The molecule has 0 aromatic heterocycles. The molecule has 3 aliphatic rings. The van der Waals surface area contributed by atoms with Gasteiger partial charge in [-0.1, -0.05) is 71.2 Å². The molecule has 4 amide bonds. The molecule has 18 heteroatoms. The minimum Gasteiger partial charge on any atom is -0.444 e. The highest BCUT2D eigenvalue weighted by molar-refractivity contribution is 6.31. The highest BCUT2D eigenvalue weighted by Crippen LogP contribution is 2.43. The van der Waals surface area contributed by atoms with E-state index < -0.39 is 28.0 Å². The molecule has 3 aromatic rings. The lowest BCUT2D eigenvalue weighted by Gasteiger charge is -2.43. The van der Waals surface area contributed by atoms with Crippen LogP contribution < -0.4 is 21.7 Å². The number of ether oxygens (including phenoxy) is 2. The Morgan fingerprint density at radius 3 is 1.29 bits per heavy atom. The number of hydrogen-bond donors (Lipinski definition) is 7. The summed E-state index contributed by atoms with van der Waals surface area (Å²) in [5, 5.41) is 45.5. The molecule has 0 aliphatic carbocycles. The first-order valence-corrected chi connectivity index (χ1v) is 28.6. The van der Waals surface area contributed by atoms with E-state index in [0.29, 0.717) is 93.0 Å². The molecular weight excluding hydrogens is 1040 g/mol. The van der Waals surface area contributed by atoms with Gasteiger partial charge in [0.15, 0.2) is 0 Å². The number of nitrogens with zero attached hydrogens (tertiary/aromatic N) is 2. The van der Waals surface area contributed by atoms with Crippen LogP contribution in [0.4, 0.5) is 9.59 Å². The van der Waals surface area contributed by atoms with E-state index in [2.05, 4.69) is 16.0 Å². The second-order valence-corrected chi connectivity index (χ2v) is 24.3. The topological polar surface area (TPSA) is 216 Å². The van der Waals surface area contributed by atoms with Gasteiger partial charge in [-0.05, 0) is 185 Å². The van der Waals surface area contributed by atoms with Crippen molar-refractivity contribution in [2.45, 2.75) is 160 Å². The average Bonchev–Trinajstić information content (AvgIpc) is 3.38. The van der Waals surface area contributed by atoms with Crippen LogP contribution in [0.1, 0.15) is 149 Å². The average molecular weight is 1130 g/mol. The molecule has 3 fully saturated rings. The third kappa shape index (κ3) is 21.1. The first kappa shape index (κ1) is 65.3. The number of carbonyl (C=O) groups excluding carboxylic acids is 4. The predicted octanol–water partition coefficient (Wildman–Crippen LogP) is 10.4. The van der Waals surface area contributed by atoms with E-state index in [0.717, 1.165) is 74.7 Å². The lowest BCUT2D eigenvalue weighted by Crippen LogP contribution is -2.49. The molecule has 0 radical (unpaired) electrons. The van der Waals surface area contributed by atoms with Crippen LogP contribution in [-0.4, -0.2) is 119 Å². The van der Waals surface area contributed by atoms with E-state index in [9.17, 15) is 34.5 Å². The lowest BCUT2D eigenvalue weighted by atomic mass is 9.74. The fourth-order valence-electron chi connectivity index (χ4n) is 10.6. The Balaban J connectivity index is 0.000000252. The van der Waals surface area contributed by atoms with E-state index in [1.165, 1.54) is 13.8 Å². The monoisotopic (exact) mass is 1130 g/mol. The summed E-state index contributed by atoms with van der Waals surface area (Å²) in [5.41, 5.74) is 3.88. The molecule has 3 aromatic carbocycles. The van der Waals surface area contributed by atoms with Crippen molar-refractivity contribution in [1.29, 1.82) is 0 Å². The number of benzene rings is 3. The number of aliphatic hydroxyl groups is 3. The summed E-state index contributed by atoms with van der Waals surface area (Å²) in [6.07, 6.45) is 8.30. The zero-order chi connectivity index (χ0) is 57.0. The number of piperidine rings is 3. The summed E-state index contributed by atoms with van der Waals surface area (Å²) in [4.78, 5) is 50.6. The van der Waals surface area contributed by atoms with Crippen LogP contribution in [0.15, 0.2) is 72.8 Å². The SMILES string of the molecule is CC(=O)NCCC[C@@](O)(c1cccc(Cl)c1)[C@@H]1CCCN(C(=O)OC(C)(C)C)C1.CC(=O)NCCC[C@@](O)(c1cccc(Cl)c1)[C@@H]1CCCNC1.CC(C)(C)OC(=O)N1CCC[C@@H]([C@@](O)(CCCN)c2cccc(Cl)c2)C1. The van der Waals surface area contributed by atoms with Gasteiger partial charge in [0.05, 0.1) is 16.8 Å². The first-order valence-electron chi connectivity index (χ1n) is 27.5. The van der Waals surface area contributed by atoms with Gasteiger partial charge in [-0.3, -0.25) is 9.59 Å². The maximum absolute atomic E-state index is 12.6. The Morgan fingerprint density at radius 2 is 0.961 bits per heavy atom. The zero-order valence-corrected chi connectivity index (χ0v) is 49.2. The number of likely N-dealkylation sites (tertiary alicyclic amines) is 2. The molecule has 0 saturated carbocycles. The van der Waals surface area contributed by atoms with Crippen LogP contribution in [0.3, 0.4) is 0 Å². The molecule has 3 saturated heterocycles. The number of carbonyl (C=O) groups is 4. The van der Waals surface area contributed by atoms with Crippen molar-refractivity contribution in [1.82, 2.24) is 25.8 Å². The van der Waals surface area contributed by atoms with Gasteiger partial charge >= 0.3 is 12.2 Å². The third-order valence-electron chi connectivity index (χ3n) is 14.4. The smallest absolute Gasteiger partial charge is 0.410 e. The summed E-state index contributed by atoms with van der Waals surface area (Å²) in [7, 11) is 0. The highest BCUT2D eigenvalue weighted by atomic mass is 35.5. The number of halogens is 3. The summed E-state index contributed by atoms with van der Waals surface area (Å²) in [6, 6.07) is 22.1. The van der Waals surface area contributed by atoms with Crippen molar-refractivity contribution in [2.24, 2.45) is 23.5 Å². The fraction of sp³-hybridized carbons (Fsp3) is 0.627. The second-order valence-electron chi connectivity index (χ2n) is 22.9. The molecule has 3 aliphatic heterocycles. The number of amides is 4. The summed E-state index contributed by atoms with van der Waals surface area (Å²) in [6.45, 7) is 19.6. The van der Waals surface area contributed by atoms with Crippen LogP contribution in [0.5, 0.6) is 0 Å². The van der Waals surface area contributed by atoms with Gasteiger partial charge in [0.25, 0.3) is 0 Å². The third-order valence-corrected chi connectivity index (χ3v) is 15.1. The molecule has 6 rings (SSSR count). The van der Waals surface area contributed by atoms with Crippen LogP contribution in [0.25, 0.3) is 0 Å². The normalized spacial score (nSPS) is 20.3. The molecule has 0 unspecified atom stereocenters. The molecule has 0 bridgehead atoms. The number of hydrogen-bond acceptors (Lipinski definition) is 11. The predicted molar refractivity (Wildman–Crippen MR) is 307 cm³/mol. The van der Waals surface area contributed by atoms with Gasteiger partial charge in [0, 0.05) is 92.5 Å². The Morgan fingerprint density at radius 1 is 0.597 bits per heavy atom. The van der Waals surface area contributed by atoms with E-state index >= 15 is 0 Å². The molecule has 15 nitrogen and oxygen atoms in total. The van der Waals surface area contributed by atoms with Crippen molar-refractivity contribution in [3.63, 3.8) is 0 Å². The molecule has 3 heterocycles. The van der Waals surface area contributed by atoms with E-state index in [4.69, 9.17) is 50.0 Å². The van der Waals surface area contributed by atoms with Gasteiger partial charge in [-0.15, -0.1) is 0 Å². The van der Waals surface area contributed by atoms with Crippen LogP contribution in [0.2, 0.25) is 15.1 Å². The molecule has 77 heavy (non-hydrogen) atoms. The van der Waals surface area contributed by atoms with Crippen LogP contribution in [-0.2, 0) is 35.9 Å². The molecule has 430 valence electrons. The molecular formula is C59H89Cl3N6O9. The van der Waals surface area contributed by atoms with Crippen molar-refractivity contribution in [3.05, 3.63) is 105 Å².